The number of benzene rings is 2. The molecule has 0 saturated heterocycles. The van der Waals surface area contributed by atoms with Crippen LogP contribution in [0, 0.1) is 5.82 Å². The topological polar surface area (TPSA) is 65.5 Å². The van der Waals surface area contributed by atoms with Crippen LogP contribution in [0.2, 0.25) is 5.02 Å². The lowest BCUT2D eigenvalue weighted by molar-refractivity contribution is -0.109. The van der Waals surface area contributed by atoms with Gasteiger partial charge in [0.25, 0.3) is 0 Å². The molecule has 7 heteroatoms. The van der Waals surface area contributed by atoms with Crippen LogP contribution in [0.3, 0.4) is 0 Å². The Morgan fingerprint density at radius 1 is 1.15 bits per heavy atom. The number of pyridine rings is 1. The summed E-state index contributed by atoms with van der Waals surface area (Å²) in [6.45, 7) is 0. The highest BCUT2D eigenvalue weighted by atomic mass is 35.5. The summed E-state index contributed by atoms with van der Waals surface area (Å²) in [5, 5.41) is 14.4. The first kappa shape index (κ1) is 23.1. The fourth-order valence-corrected chi connectivity index (χ4v) is 5.37. The standard InChI is InChI=1S/C27H29ClFN3O2/c1-32(2)19-6-4-18(5-7-19)31-25-20-11-16(17-12-22(28)26(34)23(29)13-17)3-8-24(20)30-14-21(25)27(15-33)9-10-27/h3,8,11-15,18-19,34H,4-7,9-10H2,1-2H3,(H,30,31). The molecule has 1 heterocycles. The minimum absolute atomic E-state index is 0.0316. The summed E-state index contributed by atoms with van der Waals surface area (Å²) >= 11 is 6.04. The van der Waals surface area contributed by atoms with Crippen LogP contribution in [0.5, 0.6) is 5.75 Å². The molecule has 2 saturated carbocycles. The van der Waals surface area contributed by atoms with E-state index in [0.29, 0.717) is 17.6 Å². The molecule has 2 aliphatic rings. The van der Waals surface area contributed by atoms with Gasteiger partial charge in [0.15, 0.2) is 11.6 Å². The molecule has 0 radical (unpaired) electrons. The number of nitrogens with one attached hydrogen (secondary N) is 1. The fraction of sp³-hybridized carbons (Fsp3) is 0.407. The third kappa shape index (κ3) is 4.14. The van der Waals surface area contributed by atoms with Crippen molar-refractivity contribution in [2.75, 3.05) is 19.4 Å². The highest BCUT2D eigenvalue weighted by molar-refractivity contribution is 6.32. The molecule has 0 bridgehead atoms. The van der Waals surface area contributed by atoms with Crippen molar-refractivity contribution in [3.63, 3.8) is 0 Å². The number of anilines is 1. The summed E-state index contributed by atoms with van der Waals surface area (Å²) in [7, 11) is 4.27. The Morgan fingerprint density at radius 3 is 2.50 bits per heavy atom. The first-order valence-electron chi connectivity index (χ1n) is 11.8. The van der Waals surface area contributed by atoms with E-state index in [-0.39, 0.29) is 5.02 Å². The minimum atomic E-state index is -0.761. The molecule has 178 valence electrons. The van der Waals surface area contributed by atoms with Gasteiger partial charge >= 0.3 is 0 Å². The van der Waals surface area contributed by atoms with Gasteiger partial charge in [0.2, 0.25) is 0 Å². The van der Waals surface area contributed by atoms with Gasteiger partial charge in [0.1, 0.15) is 6.29 Å². The SMILES string of the molecule is CN(C)C1CCC(Nc2c(C3(C=O)CC3)cnc3ccc(-c4cc(F)c(O)c(Cl)c4)cc23)CC1. The summed E-state index contributed by atoms with van der Waals surface area (Å²) in [6, 6.07) is 9.50. The highest BCUT2D eigenvalue weighted by Crippen LogP contribution is 2.50. The number of aldehydes is 1. The van der Waals surface area contributed by atoms with Crippen LogP contribution in [-0.2, 0) is 10.2 Å². The number of aromatic nitrogens is 1. The third-order valence-corrected chi connectivity index (χ3v) is 7.83. The molecule has 34 heavy (non-hydrogen) atoms. The van der Waals surface area contributed by atoms with Crippen molar-refractivity contribution in [3.8, 4) is 16.9 Å². The molecule has 5 nitrogen and oxygen atoms in total. The van der Waals surface area contributed by atoms with Gasteiger partial charge in [0.05, 0.1) is 16.0 Å². The Morgan fingerprint density at radius 2 is 1.88 bits per heavy atom. The number of nitrogens with zero attached hydrogens (tertiary/aromatic N) is 2. The molecule has 0 aliphatic heterocycles. The highest BCUT2D eigenvalue weighted by Gasteiger charge is 2.46. The molecule has 0 amide bonds. The van der Waals surface area contributed by atoms with Crippen LogP contribution in [0.4, 0.5) is 10.1 Å². The summed E-state index contributed by atoms with van der Waals surface area (Å²) in [5.41, 5.74) is 3.56. The van der Waals surface area contributed by atoms with E-state index in [1.54, 1.807) is 6.07 Å². The van der Waals surface area contributed by atoms with E-state index in [1.807, 2.05) is 24.4 Å². The van der Waals surface area contributed by atoms with Crippen LogP contribution < -0.4 is 5.32 Å². The van der Waals surface area contributed by atoms with Crippen LogP contribution in [0.1, 0.15) is 44.1 Å². The average molecular weight is 482 g/mol. The molecule has 2 fully saturated rings. The lowest BCUT2D eigenvalue weighted by Gasteiger charge is -2.34. The van der Waals surface area contributed by atoms with Crippen molar-refractivity contribution in [2.45, 2.75) is 56.0 Å². The average Bonchev–Trinajstić information content (AvgIpc) is 3.63. The molecule has 2 N–H and O–H groups in total. The van der Waals surface area contributed by atoms with Gasteiger partial charge < -0.3 is 20.1 Å². The normalized spacial score (nSPS) is 21.6. The van der Waals surface area contributed by atoms with E-state index in [0.717, 1.165) is 72.5 Å². The zero-order chi connectivity index (χ0) is 24.0. The summed E-state index contributed by atoms with van der Waals surface area (Å²) in [6.07, 6.45) is 8.90. The quantitative estimate of drug-likeness (QED) is 0.428. The molecule has 2 aliphatic carbocycles. The minimum Gasteiger partial charge on any atom is -0.504 e. The Hall–Kier alpha value is -2.70. The summed E-state index contributed by atoms with van der Waals surface area (Å²) < 4.78 is 14.2. The number of carbonyl (C=O) groups is 1. The lowest BCUT2D eigenvalue weighted by Crippen LogP contribution is -2.36. The number of hydrogen-bond acceptors (Lipinski definition) is 5. The van der Waals surface area contributed by atoms with E-state index in [2.05, 4.69) is 29.3 Å². The molecule has 5 rings (SSSR count). The fourth-order valence-electron chi connectivity index (χ4n) is 5.16. The number of aromatic hydroxyl groups is 1. The monoisotopic (exact) mass is 481 g/mol. The number of halogens is 2. The maximum atomic E-state index is 14.2. The van der Waals surface area contributed by atoms with E-state index in [1.165, 1.54) is 6.07 Å². The first-order valence-corrected chi connectivity index (χ1v) is 12.2. The van der Waals surface area contributed by atoms with Crippen molar-refractivity contribution in [1.82, 2.24) is 9.88 Å². The van der Waals surface area contributed by atoms with Crippen LogP contribution >= 0.6 is 11.6 Å². The molecule has 0 spiro atoms. The zero-order valence-electron chi connectivity index (χ0n) is 19.4. The van der Waals surface area contributed by atoms with Gasteiger partial charge in [-0.05, 0) is 88.0 Å². The third-order valence-electron chi connectivity index (χ3n) is 7.54. The molecular formula is C27H29ClFN3O2. The number of rotatable bonds is 6. The predicted molar refractivity (Wildman–Crippen MR) is 134 cm³/mol. The van der Waals surface area contributed by atoms with Gasteiger partial charge in [0, 0.05) is 34.9 Å². The van der Waals surface area contributed by atoms with Gasteiger partial charge in [-0.15, -0.1) is 0 Å². The second kappa shape index (κ2) is 8.82. The summed E-state index contributed by atoms with van der Waals surface area (Å²) in [5.74, 6) is -1.31. The number of phenols is 1. The van der Waals surface area contributed by atoms with Crippen LogP contribution in [0.15, 0.2) is 36.5 Å². The number of fused-ring (bicyclic) bond motifs is 1. The Labute approximate surface area is 203 Å². The predicted octanol–water partition coefficient (Wildman–Crippen LogP) is 5.92. The first-order chi connectivity index (χ1) is 16.3. The maximum absolute atomic E-state index is 14.2. The second-order valence-corrected chi connectivity index (χ2v) is 10.4. The van der Waals surface area contributed by atoms with Gasteiger partial charge in [-0.2, -0.15) is 0 Å². The van der Waals surface area contributed by atoms with Gasteiger partial charge in [-0.3, -0.25) is 4.98 Å². The van der Waals surface area contributed by atoms with E-state index in [4.69, 9.17) is 11.6 Å². The summed E-state index contributed by atoms with van der Waals surface area (Å²) in [4.78, 5) is 19.0. The van der Waals surface area contributed by atoms with Gasteiger partial charge in [-0.25, -0.2) is 4.39 Å². The molecule has 0 unspecified atom stereocenters. The van der Waals surface area contributed by atoms with Gasteiger partial charge in [-0.1, -0.05) is 17.7 Å². The number of hydrogen-bond donors (Lipinski definition) is 2. The molecular weight excluding hydrogens is 453 g/mol. The number of carbonyl (C=O) groups excluding carboxylic acids is 1. The Kier molecular flexibility index (Phi) is 5.98. The van der Waals surface area contributed by atoms with Crippen molar-refractivity contribution in [1.29, 1.82) is 0 Å². The maximum Gasteiger partial charge on any atom is 0.170 e. The smallest absolute Gasteiger partial charge is 0.170 e. The van der Waals surface area contributed by atoms with Crippen molar-refractivity contribution in [3.05, 3.63) is 52.9 Å². The van der Waals surface area contributed by atoms with Crippen molar-refractivity contribution in [2.24, 2.45) is 0 Å². The largest absolute Gasteiger partial charge is 0.504 e. The van der Waals surface area contributed by atoms with Crippen molar-refractivity contribution >= 4 is 34.5 Å². The zero-order valence-corrected chi connectivity index (χ0v) is 20.2. The molecule has 1 aromatic heterocycles. The van der Waals surface area contributed by atoms with E-state index in [9.17, 15) is 14.3 Å². The second-order valence-electron chi connectivity index (χ2n) is 9.95. The van der Waals surface area contributed by atoms with Crippen LogP contribution in [0.25, 0.3) is 22.0 Å². The van der Waals surface area contributed by atoms with Crippen LogP contribution in [-0.4, -0.2) is 47.5 Å². The Balaban J connectivity index is 1.58. The van der Waals surface area contributed by atoms with E-state index >= 15 is 0 Å². The lowest BCUT2D eigenvalue weighted by atomic mass is 9.89. The molecule has 0 atom stereocenters. The molecule has 2 aromatic carbocycles. The number of phenolic OH excluding ortho intramolecular Hbond substituents is 1. The van der Waals surface area contributed by atoms with Crippen molar-refractivity contribution < 1.29 is 14.3 Å². The molecule has 3 aromatic rings. The Bertz CT molecular complexity index is 1230. The van der Waals surface area contributed by atoms with E-state index < -0.39 is 17.0 Å².